The highest BCUT2D eigenvalue weighted by Crippen LogP contribution is 2.31. The van der Waals surface area contributed by atoms with Crippen molar-refractivity contribution in [3.8, 4) is 0 Å². The Morgan fingerprint density at radius 2 is 2.39 bits per heavy atom. The molecule has 0 spiro atoms. The zero-order valence-electron chi connectivity index (χ0n) is 9.91. The Hall–Kier alpha value is -1.53. The van der Waals surface area contributed by atoms with Gasteiger partial charge < -0.3 is 10.0 Å². The van der Waals surface area contributed by atoms with Crippen molar-refractivity contribution in [1.82, 2.24) is 9.59 Å². The van der Waals surface area contributed by atoms with Crippen LogP contribution in [0.15, 0.2) is 18.2 Å². The van der Waals surface area contributed by atoms with Crippen LogP contribution in [0.2, 0.25) is 0 Å². The van der Waals surface area contributed by atoms with E-state index in [1.807, 2.05) is 18.2 Å². The average molecular weight is 263 g/mol. The maximum atomic E-state index is 12.0. The van der Waals surface area contributed by atoms with Crippen molar-refractivity contribution in [3.63, 3.8) is 0 Å². The number of aliphatic hydroxyl groups is 1. The maximum Gasteiger partial charge on any atom is 0.227 e. The Morgan fingerprint density at radius 1 is 1.56 bits per heavy atom. The lowest BCUT2D eigenvalue weighted by molar-refractivity contribution is -0.117. The molecule has 94 valence electrons. The first kappa shape index (κ1) is 11.6. The fraction of sp³-hybridized carbons (Fsp3) is 0.417. The molecule has 1 saturated heterocycles. The second kappa shape index (κ2) is 4.29. The number of benzene rings is 1. The number of carbonyl (C=O) groups excluding carboxylic acids is 1. The Balaban J connectivity index is 2.03. The van der Waals surface area contributed by atoms with Crippen molar-refractivity contribution >= 4 is 33.3 Å². The molecule has 6 heteroatoms. The lowest BCUT2D eigenvalue weighted by atomic mass is 10.1. The van der Waals surface area contributed by atoms with Crippen LogP contribution in [0.5, 0.6) is 0 Å². The first-order valence-electron chi connectivity index (χ1n) is 5.89. The fourth-order valence-electron chi connectivity index (χ4n) is 2.42. The van der Waals surface area contributed by atoms with Gasteiger partial charge in [-0.25, -0.2) is 0 Å². The topological polar surface area (TPSA) is 66.3 Å². The second-order valence-electron chi connectivity index (χ2n) is 4.54. The number of nitrogens with zero attached hydrogens (tertiary/aromatic N) is 3. The molecular weight excluding hydrogens is 250 g/mol. The number of hydrogen-bond acceptors (Lipinski definition) is 5. The molecule has 1 aliphatic heterocycles. The summed E-state index contributed by atoms with van der Waals surface area (Å²) in [5.74, 6) is 0.0673. The lowest BCUT2D eigenvalue weighted by Gasteiger charge is -2.26. The van der Waals surface area contributed by atoms with Gasteiger partial charge in [0.1, 0.15) is 5.52 Å². The number of carbonyl (C=O) groups is 1. The molecule has 1 amide bonds. The van der Waals surface area contributed by atoms with Crippen LogP contribution in [-0.2, 0) is 4.79 Å². The van der Waals surface area contributed by atoms with Gasteiger partial charge in [-0.05, 0) is 43.1 Å². The maximum absolute atomic E-state index is 12.0. The van der Waals surface area contributed by atoms with Crippen molar-refractivity contribution in [1.29, 1.82) is 0 Å². The lowest BCUT2D eigenvalue weighted by Crippen LogP contribution is -2.39. The summed E-state index contributed by atoms with van der Waals surface area (Å²) in [4.78, 5) is 13.6. The molecule has 2 aromatic rings. The van der Waals surface area contributed by atoms with Crippen molar-refractivity contribution in [3.05, 3.63) is 18.2 Å². The van der Waals surface area contributed by atoms with Gasteiger partial charge in [-0.15, -0.1) is 5.10 Å². The Bertz CT molecular complexity index is 596. The van der Waals surface area contributed by atoms with Gasteiger partial charge in [0.2, 0.25) is 5.91 Å². The number of aliphatic hydroxyl groups excluding tert-OH is 1. The minimum atomic E-state index is -0.522. The molecule has 0 saturated carbocycles. The number of fused-ring (bicyclic) bond motifs is 1. The molecule has 1 fully saturated rings. The van der Waals surface area contributed by atoms with E-state index in [1.165, 1.54) is 11.5 Å². The standard InChI is InChI=1S/C12H13N3O2S/c1-7(16)10-4-5-12(17)15(10)8-2-3-9-11(6-8)18-14-13-9/h2-3,6-7,10,16H,4-5H2,1H3/t7-,10-/m1/s1. The SMILES string of the molecule is C[C@@H](O)[C@H]1CCC(=O)N1c1ccc2nnsc2c1. The molecule has 1 aromatic heterocycles. The van der Waals surface area contributed by atoms with Crippen LogP contribution in [0, 0.1) is 0 Å². The van der Waals surface area contributed by atoms with Gasteiger partial charge in [-0.1, -0.05) is 4.49 Å². The molecule has 0 radical (unpaired) electrons. The number of rotatable bonds is 2. The van der Waals surface area contributed by atoms with Crippen LogP contribution in [-0.4, -0.2) is 32.7 Å². The molecule has 1 N–H and O–H groups in total. The van der Waals surface area contributed by atoms with E-state index in [0.29, 0.717) is 12.8 Å². The predicted octanol–water partition coefficient (Wildman–Crippen LogP) is 1.57. The largest absolute Gasteiger partial charge is 0.391 e. The molecular formula is C12H13N3O2S. The third kappa shape index (κ3) is 1.77. The summed E-state index contributed by atoms with van der Waals surface area (Å²) in [7, 11) is 0. The second-order valence-corrected chi connectivity index (χ2v) is 5.32. The van der Waals surface area contributed by atoms with Gasteiger partial charge in [0.25, 0.3) is 0 Å². The fourth-order valence-corrected chi connectivity index (χ4v) is 3.01. The molecule has 1 aliphatic rings. The van der Waals surface area contributed by atoms with E-state index in [0.717, 1.165) is 15.9 Å². The minimum absolute atomic E-state index is 0.0673. The van der Waals surface area contributed by atoms with Crippen molar-refractivity contribution in [2.75, 3.05) is 4.90 Å². The number of aromatic nitrogens is 2. The molecule has 0 bridgehead atoms. The molecule has 5 nitrogen and oxygen atoms in total. The smallest absolute Gasteiger partial charge is 0.227 e. The summed E-state index contributed by atoms with van der Waals surface area (Å²) >= 11 is 1.31. The first-order valence-corrected chi connectivity index (χ1v) is 6.66. The van der Waals surface area contributed by atoms with Gasteiger partial charge >= 0.3 is 0 Å². The van der Waals surface area contributed by atoms with Gasteiger partial charge in [-0.3, -0.25) is 4.79 Å². The van der Waals surface area contributed by atoms with E-state index in [1.54, 1.807) is 11.8 Å². The molecule has 2 heterocycles. The highest BCUT2D eigenvalue weighted by Gasteiger charge is 2.35. The van der Waals surface area contributed by atoms with Crippen LogP contribution in [0.25, 0.3) is 10.2 Å². The summed E-state index contributed by atoms with van der Waals surface area (Å²) in [5, 5.41) is 13.7. The summed E-state index contributed by atoms with van der Waals surface area (Å²) in [5.41, 5.74) is 1.66. The third-order valence-electron chi connectivity index (χ3n) is 3.32. The number of anilines is 1. The molecule has 3 rings (SSSR count). The Labute approximate surface area is 108 Å². The summed E-state index contributed by atoms with van der Waals surface area (Å²) in [6.07, 6.45) is 0.677. The van der Waals surface area contributed by atoms with Crippen molar-refractivity contribution in [2.24, 2.45) is 0 Å². The van der Waals surface area contributed by atoms with Crippen molar-refractivity contribution in [2.45, 2.75) is 31.9 Å². The number of amides is 1. The van der Waals surface area contributed by atoms with Gasteiger partial charge in [-0.2, -0.15) is 0 Å². The first-order chi connectivity index (χ1) is 8.66. The van der Waals surface area contributed by atoms with E-state index >= 15 is 0 Å². The van der Waals surface area contributed by atoms with E-state index in [9.17, 15) is 9.90 Å². The monoisotopic (exact) mass is 263 g/mol. The molecule has 1 aromatic carbocycles. The predicted molar refractivity (Wildman–Crippen MR) is 69.6 cm³/mol. The van der Waals surface area contributed by atoms with E-state index in [4.69, 9.17) is 0 Å². The van der Waals surface area contributed by atoms with E-state index in [2.05, 4.69) is 9.59 Å². The number of hydrogen-bond donors (Lipinski definition) is 1. The van der Waals surface area contributed by atoms with Crippen LogP contribution >= 0.6 is 11.5 Å². The van der Waals surface area contributed by atoms with Gasteiger partial charge in [0.05, 0.1) is 16.8 Å². The third-order valence-corrected chi connectivity index (χ3v) is 4.01. The molecule has 0 unspecified atom stereocenters. The van der Waals surface area contributed by atoms with Crippen LogP contribution in [0.3, 0.4) is 0 Å². The van der Waals surface area contributed by atoms with Gasteiger partial charge in [0.15, 0.2) is 0 Å². The van der Waals surface area contributed by atoms with Gasteiger partial charge in [0, 0.05) is 12.1 Å². The summed E-state index contributed by atoms with van der Waals surface area (Å²) < 4.78 is 4.84. The van der Waals surface area contributed by atoms with E-state index < -0.39 is 6.10 Å². The Morgan fingerprint density at radius 3 is 3.17 bits per heavy atom. The average Bonchev–Trinajstić information content (AvgIpc) is 2.93. The normalized spacial score (nSPS) is 21.8. The van der Waals surface area contributed by atoms with Crippen LogP contribution in [0.4, 0.5) is 5.69 Å². The molecule has 0 aliphatic carbocycles. The zero-order chi connectivity index (χ0) is 12.7. The minimum Gasteiger partial charge on any atom is -0.391 e. The van der Waals surface area contributed by atoms with Crippen molar-refractivity contribution < 1.29 is 9.90 Å². The van der Waals surface area contributed by atoms with Crippen LogP contribution < -0.4 is 4.90 Å². The summed E-state index contributed by atoms with van der Waals surface area (Å²) in [6.45, 7) is 1.73. The van der Waals surface area contributed by atoms with Crippen LogP contribution in [0.1, 0.15) is 19.8 Å². The molecule has 2 atom stereocenters. The highest BCUT2D eigenvalue weighted by molar-refractivity contribution is 7.12. The highest BCUT2D eigenvalue weighted by atomic mass is 32.1. The Kier molecular flexibility index (Phi) is 2.76. The molecule has 18 heavy (non-hydrogen) atoms. The summed E-state index contributed by atoms with van der Waals surface area (Å²) in [6, 6.07) is 5.51. The van der Waals surface area contributed by atoms with E-state index in [-0.39, 0.29) is 11.9 Å². The zero-order valence-corrected chi connectivity index (χ0v) is 10.7. The quantitative estimate of drug-likeness (QED) is 0.893.